The molecule has 1 aliphatic heterocycles. The second-order valence-electron chi connectivity index (χ2n) is 6.70. The monoisotopic (exact) mass is 307 g/mol. The van der Waals surface area contributed by atoms with Crippen LogP contribution in [0.5, 0.6) is 0 Å². The van der Waals surface area contributed by atoms with Crippen molar-refractivity contribution in [3.05, 3.63) is 60.6 Å². The van der Waals surface area contributed by atoms with E-state index in [0.29, 0.717) is 0 Å². The van der Waals surface area contributed by atoms with Gasteiger partial charge in [-0.15, -0.1) is 0 Å². The molecule has 1 unspecified atom stereocenters. The minimum Gasteiger partial charge on any atom is -0.389 e. The number of hydrogen-bond acceptors (Lipinski definition) is 3. The summed E-state index contributed by atoms with van der Waals surface area (Å²) in [6.07, 6.45) is 6.60. The molecule has 1 saturated heterocycles. The van der Waals surface area contributed by atoms with Crippen LogP contribution in [0, 0.1) is 0 Å². The minimum atomic E-state index is -0.545. The lowest BCUT2D eigenvalue weighted by Crippen LogP contribution is -2.29. The molecule has 3 heterocycles. The van der Waals surface area contributed by atoms with Gasteiger partial charge in [0, 0.05) is 49.3 Å². The Kier molecular flexibility index (Phi) is 3.43. The Morgan fingerprint density at radius 3 is 2.74 bits per heavy atom. The van der Waals surface area contributed by atoms with Crippen LogP contribution in [0.3, 0.4) is 0 Å². The fraction of sp³-hybridized carbons (Fsp3) is 0.316. The summed E-state index contributed by atoms with van der Waals surface area (Å²) in [4.78, 5) is 6.42. The van der Waals surface area contributed by atoms with Crippen LogP contribution in [0.2, 0.25) is 0 Å². The normalized spacial score (nSPS) is 22.0. The molecule has 1 N–H and O–H groups in total. The van der Waals surface area contributed by atoms with Crippen molar-refractivity contribution in [2.24, 2.45) is 0 Å². The standard InChI is InChI=1S/C19H21N3O/c1-19(23)8-12-21(14-19)13-15-3-2-4-18-17(15)7-11-22(18)16-5-9-20-10-6-16/h2-7,9-11,23H,8,12-14H2,1H3. The van der Waals surface area contributed by atoms with Gasteiger partial charge in [-0.3, -0.25) is 9.88 Å². The highest BCUT2D eigenvalue weighted by Crippen LogP contribution is 2.27. The van der Waals surface area contributed by atoms with Crippen molar-refractivity contribution < 1.29 is 5.11 Å². The molecule has 1 fully saturated rings. The van der Waals surface area contributed by atoms with Gasteiger partial charge in [0.1, 0.15) is 0 Å². The molecule has 1 aliphatic rings. The van der Waals surface area contributed by atoms with E-state index >= 15 is 0 Å². The second-order valence-corrected chi connectivity index (χ2v) is 6.70. The molecule has 0 spiro atoms. The van der Waals surface area contributed by atoms with Gasteiger partial charge in [-0.05, 0) is 43.2 Å². The molecule has 4 rings (SSSR count). The maximum atomic E-state index is 10.2. The van der Waals surface area contributed by atoms with E-state index in [1.165, 1.54) is 16.5 Å². The largest absolute Gasteiger partial charge is 0.389 e. The van der Waals surface area contributed by atoms with Crippen LogP contribution in [-0.2, 0) is 6.54 Å². The SMILES string of the molecule is CC1(O)CCN(Cc2cccc3c2ccn3-c2ccncc2)C1. The van der Waals surface area contributed by atoms with Crippen LogP contribution in [0.15, 0.2) is 55.0 Å². The summed E-state index contributed by atoms with van der Waals surface area (Å²) in [5.74, 6) is 0. The maximum absolute atomic E-state index is 10.2. The molecule has 3 aromatic rings. The van der Waals surface area contributed by atoms with Crippen molar-refractivity contribution in [2.75, 3.05) is 13.1 Å². The van der Waals surface area contributed by atoms with Gasteiger partial charge in [0.05, 0.1) is 11.1 Å². The van der Waals surface area contributed by atoms with E-state index < -0.39 is 5.60 Å². The highest BCUT2D eigenvalue weighted by Gasteiger charge is 2.31. The summed E-state index contributed by atoms with van der Waals surface area (Å²) < 4.78 is 2.20. The molecule has 0 amide bonds. The molecule has 0 aliphatic carbocycles. The van der Waals surface area contributed by atoms with E-state index in [-0.39, 0.29) is 0 Å². The van der Waals surface area contributed by atoms with Gasteiger partial charge < -0.3 is 9.67 Å². The Balaban J connectivity index is 1.68. The van der Waals surface area contributed by atoms with Crippen molar-refractivity contribution in [1.29, 1.82) is 0 Å². The van der Waals surface area contributed by atoms with Gasteiger partial charge in [0.25, 0.3) is 0 Å². The molecule has 4 heteroatoms. The lowest BCUT2D eigenvalue weighted by molar-refractivity contribution is 0.0679. The van der Waals surface area contributed by atoms with Crippen molar-refractivity contribution in [2.45, 2.75) is 25.5 Å². The predicted octanol–water partition coefficient (Wildman–Crippen LogP) is 2.98. The molecule has 23 heavy (non-hydrogen) atoms. The highest BCUT2D eigenvalue weighted by molar-refractivity contribution is 5.85. The fourth-order valence-electron chi connectivity index (χ4n) is 3.51. The van der Waals surface area contributed by atoms with Gasteiger partial charge in [-0.2, -0.15) is 0 Å². The molecular formula is C19H21N3O. The Bertz CT molecular complexity index is 823. The van der Waals surface area contributed by atoms with Crippen LogP contribution >= 0.6 is 0 Å². The molecular weight excluding hydrogens is 286 g/mol. The number of hydrogen-bond donors (Lipinski definition) is 1. The van der Waals surface area contributed by atoms with Crippen molar-refractivity contribution in [1.82, 2.24) is 14.5 Å². The molecule has 2 aromatic heterocycles. The minimum absolute atomic E-state index is 0.545. The first-order chi connectivity index (χ1) is 11.1. The van der Waals surface area contributed by atoms with Crippen molar-refractivity contribution >= 4 is 10.9 Å². The molecule has 1 aromatic carbocycles. The van der Waals surface area contributed by atoms with Gasteiger partial charge in [0.15, 0.2) is 0 Å². The van der Waals surface area contributed by atoms with Gasteiger partial charge in [-0.25, -0.2) is 0 Å². The van der Waals surface area contributed by atoms with E-state index in [1.54, 1.807) is 0 Å². The molecule has 1 atom stereocenters. The summed E-state index contributed by atoms with van der Waals surface area (Å²) in [6.45, 7) is 4.50. The van der Waals surface area contributed by atoms with E-state index in [9.17, 15) is 5.11 Å². The zero-order valence-electron chi connectivity index (χ0n) is 13.3. The predicted molar refractivity (Wildman–Crippen MR) is 91.6 cm³/mol. The zero-order chi connectivity index (χ0) is 15.9. The zero-order valence-corrected chi connectivity index (χ0v) is 13.3. The Labute approximate surface area is 136 Å². The quantitative estimate of drug-likeness (QED) is 0.809. The van der Waals surface area contributed by atoms with E-state index in [1.807, 2.05) is 31.5 Å². The number of pyridine rings is 1. The first kappa shape index (κ1) is 14.4. The third-order valence-electron chi connectivity index (χ3n) is 4.69. The van der Waals surface area contributed by atoms with Crippen LogP contribution in [0.4, 0.5) is 0 Å². The van der Waals surface area contributed by atoms with Crippen LogP contribution in [0.25, 0.3) is 16.6 Å². The highest BCUT2D eigenvalue weighted by atomic mass is 16.3. The third-order valence-corrected chi connectivity index (χ3v) is 4.69. The van der Waals surface area contributed by atoms with E-state index in [2.05, 4.69) is 44.9 Å². The van der Waals surface area contributed by atoms with Crippen molar-refractivity contribution in [3.63, 3.8) is 0 Å². The summed E-state index contributed by atoms with van der Waals surface area (Å²) in [5, 5.41) is 11.4. The maximum Gasteiger partial charge on any atom is 0.0758 e. The number of benzene rings is 1. The number of likely N-dealkylation sites (tertiary alicyclic amines) is 1. The van der Waals surface area contributed by atoms with Crippen molar-refractivity contribution in [3.8, 4) is 5.69 Å². The molecule has 0 bridgehead atoms. The molecule has 0 saturated carbocycles. The number of aliphatic hydroxyl groups is 1. The molecule has 4 nitrogen and oxygen atoms in total. The number of aromatic nitrogens is 2. The smallest absolute Gasteiger partial charge is 0.0758 e. The average molecular weight is 307 g/mol. The topological polar surface area (TPSA) is 41.3 Å². The van der Waals surface area contributed by atoms with E-state index in [0.717, 1.165) is 31.7 Å². The summed E-state index contributed by atoms with van der Waals surface area (Å²) >= 11 is 0. The second kappa shape index (κ2) is 5.48. The summed E-state index contributed by atoms with van der Waals surface area (Å²) in [6, 6.07) is 12.7. The van der Waals surface area contributed by atoms with Crippen LogP contribution < -0.4 is 0 Å². The number of fused-ring (bicyclic) bond motifs is 1. The Hall–Kier alpha value is -2.17. The Morgan fingerprint density at radius 2 is 2.00 bits per heavy atom. The third kappa shape index (κ3) is 2.76. The number of nitrogens with zero attached hydrogens (tertiary/aromatic N) is 3. The average Bonchev–Trinajstić information content (AvgIpc) is 3.12. The fourth-order valence-corrected chi connectivity index (χ4v) is 3.51. The first-order valence-corrected chi connectivity index (χ1v) is 8.06. The van der Waals surface area contributed by atoms with Crippen LogP contribution in [-0.4, -0.2) is 38.2 Å². The lowest BCUT2D eigenvalue weighted by Gasteiger charge is -2.19. The van der Waals surface area contributed by atoms with Gasteiger partial charge in [0.2, 0.25) is 0 Å². The number of rotatable bonds is 3. The molecule has 118 valence electrons. The number of β-amino-alcohol motifs (C(OH)–C–C–N with tert-alkyl or cyclic N) is 1. The first-order valence-electron chi connectivity index (χ1n) is 8.06. The molecule has 0 radical (unpaired) electrons. The van der Waals surface area contributed by atoms with E-state index in [4.69, 9.17) is 0 Å². The summed E-state index contributed by atoms with van der Waals surface area (Å²) in [7, 11) is 0. The lowest BCUT2D eigenvalue weighted by atomic mass is 10.1. The van der Waals surface area contributed by atoms with Crippen LogP contribution in [0.1, 0.15) is 18.9 Å². The summed E-state index contributed by atoms with van der Waals surface area (Å²) in [5.41, 5.74) is 3.10. The van der Waals surface area contributed by atoms with Gasteiger partial charge in [-0.1, -0.05) is 12.1 Å². The Morgan fingerprint density at radius 1 is 1.17 bits per heavy atom. The van der Waals surface area contributed by atoms with Gasteiger partial charge >= 0.3 is 0 Å².